The number of aliphatic hydroxyl groups excluding tert-OH is 1. The fourth-order valence-electron chi connectivity index (χ4n) is 1.73. The maximum Gasteiger partial charge on any atom is 0.292 e. The van der Waals surface area contributed by atoms with Gasteiger partial charge in [-0.15, -0.1) is 0 Å². The molecule has 0 amide bonds. The van der Waals surface area contributed by atoms with Crippen LogP contribution in [0.4, 0.5) is 15.8 Å². The summed E-state index contributed by atoms with van der Waals surface area (Å²) in [7, 11) is 1.63. The Balaban J connectivity index is 3.42. The van der Waals surface area contributed by atoms with Crippen molar-refractivity contribution >= 4 is 27.3 Å². The molecule has 1 N–H and O–H groups in total. The van der Waals surface area contributed by atoms with Crippen molar-refractivity contribution in [2.45, 2.75) is 19.5 Å². The Kier molecular flexibility index (Phi) is 4.86. The Labute approximate surface area is 119 Å². The lowest BCUT2D eigenvalue weighted by Gasteiger charge is -2.22. The van der Waals surface area contributed by atoms with E-state index in [4.69, 9.17) is 5.11 Å². The van der Waals surface area contributed by atoms with Gasteiger partial charge in [-0.2, -0.15) is 0 Å². The largest absolute Gasteiger partial charge is 0.395 e. The molecule has 1 aromatic carbocycles. The second-order valence-electron chi connectivity index (χ2n) is 4.70. The average molecular weight is 335 g/mol. The Bertz CT molecular complexity index is 489. The zero-order valence-corrected chi connectivity index (χ0v) is 12.6. The van der Waals surface area contributed by atoms with Crippen LogP contribution in [0.25, 0.3) is 0 Å². The summed E-state index contributed by atoms with van der Waals surface area (Å²) >= 11 is 3.23. The molecule has 0 fully saturated rings. The van der Waals surface area contributed by atoms with Crippen molar-refractivity contribution in [1.29, 1.82) is 0 Å². The van der Waals surface area contributed by atoms with Gasteiger partial charge >= 0.3 is 0 Å². The van der Waals surface area contributed by atoms with Crippen molar-refractivity contribution in [2.75, 3.05) is 25.1 Å². The number of rotatable bonds is 5. The fourth-order valence-corrected chi connectivity index (χ4v) is 2.53. The van der Waals surface area contributed by atoms with E-state index in [0.717, 1.165) is 0 Å². The zero-order chi connectivity index (χ0) is 14.8. The molecule has 0 heterocycles. The Hall–Kier alpha value is -1.21. The third-order valence-electron chi connectivity index (χ3n) is 2.75. The SMILES string of the molecule is CN(CCO)c1cc(Br)c(C(C)(C)F)cc1[N+](=O)[O-]. The maximum atomic E-state index is 14.0. The van der Waals surface area contributed by atoms with Crippen LogP contribution in [0.15, 0.2) is 16.6 Å². The topological polar surface area (TPSA) is 66.6 Å². The van der Waals surface area contributed by atoms with E-state index in [1.165, 1.54) is 26.0 Å². The predicted molar refractivity (Wildman–Crippen MR) is 75.3 cm³/mol. The van der Waals surface area contributed by atoms with Gasteiger partial charge < -0.3 is 10.0 Å². The summed E-state index contributed by atoms with van der Waals surface area (Å²) in [6.07, 6.45) is 0. The van der Waals surface area contributed by atoms with Crippen LogP contribution >= 0.6 is 15.9 Å². The Morgan fingerprint density at radius 1 is 1.53 bits per heavy atom. The first-order valence-electron chi connectivity index (χ1n) is 5.67. The van der Waals surface area contributed by atoms with Crippen molar-refractivity contribution in [3.63, 3.8) is 0 Å². The Morgan fingerprint density at radius 3 is 2.53 bits per heavy atom. The number of hydrogen-bond acceptors (Lipinski definition) is 4. The molecule has 0 spiro atoms. The van der Waals surface area contributed by atoms with Crippen LogP contribution in [0.1, 0.15) is 19.4 Å². The second-order valence-corrected chi connectivity index (χ2v) is 5.55. The summed E-state index contributed by atoms with van der Waals surface area (Å²) in [5, 5.41) is 20.0. The molecule has 106 valence electrons. The number of hydrogen-bond donors (Lipinski definition) is 1. The number of anilines is 1. The minimum Gasteiger partial charge on any atom is -0.395 e. The number of halogens is 2. The van der Waals surface area contributed by atoms with Crippen molar-refractivity contribution in [2.24, 2.45) is 0 Å². The summed E-state index contributed by atoms with van der Waals surface area (Å²) < 4.78 is 14.5. The smallest absolute Gasteiger partial charge is 0.292 e. The van der Waals surface area contributed by atoms with Crippen LogP contribution in [0.3, 0.4) is 0 Å². The van der Waals surface area contributed by atoms with Gasteiger partial charge in [-0.1, -0.05) is 15.9 Å². The van der Waals surface area contributed by atoms with Gasteiger partial charge in [0.05, 0.1) is 11.5 Å². The summed E-state index contributed by atoms with van der Waals surface area (Å²) in [6, 6.07) is 2.73. The van der Waals surface area contributed by atoms with Gasteiger partial charge in [0.15, 0.2) is 0 Å². The van der Waals surface area contributed by atoms with Crippen molar-refractivity contribution in [3.8, 4) is 0 Å². The third-order valence-corrected chi connectivity index (χ3v) is 3.40. The van der Waals surface area contributed by atoms with Crippen molar-refractivity contribution < 1.29 is 14.4 Å². The number of aliphatic hydroxyl groups is 1. The first-order valence-corrected chi connectivity index (χ1v) is 6.47. The number of benzene rings is 1. The normalized spacial score (nSPS) is 11.5. The summed E-state index contributed by atoms with van der Waals surface area (Å²) in [5.41, 5.74) is -1.31. The highest BCUT2D eigenvalue weighted by molar-refractivity contribution is 9.10. The molecule has 0 bridgehead atoms. The molecule has 1 rings (SSSR count). The van der Waals surface area contributed by atoms with E-state index in [-0.39, 0.29) is 24.4 Å². The number of likely N-dealkylation sites (N-methyl/N-ethyl adjacent to an activating group) is 1. The highest BCUT2D eigenvalue weighted by Crippen LogP contribution is 2.39. The summed E-state index contributed by atoms with van der Waals surface area (Å²) in [6.45, 7) is 2.81. The summed E-state index contributed by atoms with van der Waals surface area (Å²) in [4.78, 5) is 12.1. The predicted octanol–water partition coefficient (Wildman–Crippen LogP) is 2.99. The number of nitro groups is 1. The second kappa shape index (κ2) is 5.83. The molecule has 0 aliphatic carbocycles. The fraction of sp³-hybridized carbons (Fsp3) is 0.500. The number of nitrogens with zero attached hydrogens (tertiary/aromatic N) is 2. The number of nitro benzene ring substituents is 1. The molecule has 0 aliphatic heterocycles. The van der Waals surface area contributed by atoms with Crippen LogP contribution in [-0.2, 0) is 5.67 Å². The van der Waals surface area contributed by atoms with Crippen LogP contribution in [0.2, 0.25) is 0 Å². The molecule has 5 nitrogen and oxygen atoms in total. The van der Waals surface area contributed by atoms with Gasteiger partial charge in [-0.05, 0) is 19.9 Å². The molecule has 1 aromatic rings. The van der Waals surface area contributed by atoms with E-state index in [1.54, 1.807) is 11.9 Å². The molecule has 0 aliphatic rings. The zero-order valence-electron chi connectivity index (χ0n) is 11.0. The molecule has 0 aromatic heterocycles. The van der Waals surface area contributed by atoms with Gasteiger partial charge in [-0.25, -0.2) is 4.39 Å². The van der Waals surface area contributed by atoms with Crippen molar-refractivity contribution in [3.05, 3.63) is 32.3 Å². The van der Waals surface area contributed by atoms with Crippen LogP contribution < -0.4 is 4.90 Å². The van der Waals surface area contributed by atoms with Gasteiger partial charge in [0, 0.05) is 29.7 Å². The van der Waals surface area contributed by atoms with E-state index in [0.29, 0.717) is 10.2 Å². The monoisotopic (exact) mass is 334 g/mol. The van der Waals surface area contributed by atoms with Gasteiger partial charge in [0.1, 0.15) is 11.4 Å². The standard InChI is InChI=1S/C12H16BrFN2O3/c1-12(2,14)8-6-11(16(18)19)10(7-9(8)13)15(3)4-5-17/h6-7,17H,4-5H2,1-3H3. The molecule has 0 unspecified atom stereocenters. The highest BCUT2D eigenvalue weighted by Gasteiger charge is 2.28. The van der Waals surface area contributed by atoms with Crippen molar-refractivity contribution in [1.82, 2.24) is 0 Å². The minimum absolute atomic E-state index is 0.123. The van der Waals surface area contributed by atoms with E-state index in [2.05, 4.69) is 15.9 Å². The molecule has 0 saturated heterocycles. The van der Waals surface area contributed by atoms with E-state index >= 15 is 0 Å². The van der Waals surface area contributed by atoms with Gasteiger partial charge in [-0.3, -0.25) is 10.1 Å². The van der Waals surface area contributed by atoms with E-state index in [9.17, 15) is 14.5 Å². The maximum absolute atomic E-state index is 14.0. The quantitative estimate of drug-likeness (QED) is 0.664. The molecule has 19 heavy (non-hydrogen) atoms. The van der Waals surface area contributed by atoms with Crippen LogP contribution in [0, 0.1) is 10.1 Å². The van der Waals surface area contributed by atoms with Crippen LogP contribution in [0.5, 0.6) is 0 Å². The minimum atomic E-state index is -1.68. The third kappa shape index (κ3) is 3.63. The van der Waals surface area contributed by atoms with E-state index < -0.39 is 10.6 Å². The first-order chi connectivity index (χ1) is 8.68. The molecule has 7 heteroatoms. The lowest BCUT2D eigenvalue weighted by molar-refractivity contribution is -0.384. The molecule has 0 radical (unpaired) electrons. The molecular weight excluding hydrogens is 319 g/mol. The van der Waals surface area contributed by atoms with E-state index in [1.807, 2.05) is 0 Å². The molecule has 0 atom stereocenters. The number of alkyl halides is 1. The van der Waals surface area contributed by atoms with Gasteiger partial charge in [0.2, 0.25) is 0 Å². The Morgan fingerprint density at radius 2 is 2.11 bits per heavy atom. The summed E-state index contributed by atoms with van der Waals surface area (Å²) in [5.74, 6) is 0. The first kappa shape index (κ1) is 15.8. The highest BCUT2D eigenvalue weighted by atomic mass is 79.9. The molecular formula is C12H16BrFN2O3. The average Bonchev–Trinajstić information content (AvgIpc) is 2.26. The lowest BCUT2D eigenvalue weighted by Crippen LogP contribution is -2.22. The van der Waals surface area contributed by atoms with Gasteiger partial charge in [0.25, 0.3) is 5.69 Å². The lowest BCUT2D eigenvalue weighted by atomic mass is 9.99. The van der Waals surface area contributed by atoms with Crippen LogP contribution in [-0.4, -0.2) is 30.2 Å². The molecule has 0 saturated carbocycles.